The van der Waals surface area contributed by atoms with Gasteiger partial charge in [0.05, 0.1) is 17.3 Å². The van der Waals surface area contributed by atoms with E-state index >= 15 is 0 Å². The summed E-state index contributed by atoms with van der Waals surface area (Å²) in [5.41, 5.74) is 6.61. The Kier molecular flexibility index (Phi) is 8.10. The molecule has 0 aliphatic carbocycles. The standard InChI is InChI=1S/C26H25F3N8OS/c1-15(2)19-6-4-5-7-21(19)34-25(39)35-31-14-17-10-13-20-22(36-37(3)24(20)33-17)23(30)32-16-8-11-18(12-9-16)38-26(27,28)29/h4-15H,1-3H3,(H2,30,32)(H2,34,35,39)/b31-14+. The van der Waals surface area contributed by atoms with Gasteiger partial charge in [0, 0.05) is 18.4 Å². The minimum absolute atomic E-state index is 0.0481. The van der Waals surface area contributed by atoms with Crippen LogP contribution in [0.1, 0.15) is 36.7 Å². The maximum atomic E-state index is 12.4. The van der Waals surface area contributed by atoms with Crippen molar-refractivity contribution < 1.29 is 17.9 Å². The van der Waals surface area contributed by atoms with Crippen LogP contribution in [0.4, 0.5) is 24.5 Å². The number of fused-ring (bicyclic) bond motifs is 1. The Morgan fingerprint density at radius 3 is 2.49 bits per heavy atom. The number of benzene rings is 2. The van der Waals surface area contributed by atoms with Gasteiger partial charge in [-0.3, -0.25) is 10.8 Å². The summed E-state index contributed by atoms with van der Waals surface area (Å²) in [6.45, 7) is 4.21. The Morgan fingerprint density at radius 1 is 1.08 bits per heavy atom. The molecule has 0 amide bonds. The van der Waals surface area contributed by atoms with Gasteiger partial charge in [0.25, 0.3) is 0 Å². The Balaban J connectivity index is 1.42. The number of pyridine rings is 1. The first kappa shape index (κ1) is 27.5. The lowest BCUT2D eigenvalue weighted by molar-refractivity contribution is -0.274. The molecule has 202 valence electrons. The molecule has 0 fully saturated rings. The van der Waals surface area contributed by atoms with Gasteiger partial charge in [-0.1, -0.05) is 32.0 Å². The van der Waals surface area contributed by atoms with Crippen molar-refractivity contribution in [1.29, 1.82) is 5.41 Å². The molecular weight excluding hydrogens is 529 g/mol. The number of nitrogens with zero attached hydrogens (tertiary/aromatic N) is 4. The SMILES string of the molecule is CC(C)c1ccccc1NC(=S)N/N=C/c1ccc2c(C(=N)Nc3ccc(OC(F)(F)F)cc3)nn(C)c2n1. The number of rotatable bonds is 7. The van der Waals surface area contributed by atoms with Crippen LogP contribution < -0.4 is 20.8 Å². The fourth-order valence-electron chi connectivity index (χ4n) is 3.77. The van der Waals surface area contributed by atoms with Crippen molar-refractivity contribution in [3.8, 4) is 5.75 Å². The second kappa shape index (κ2) is 11.5. The third kappa shape index (κ3) is 7.08. The molecule has 4 rings (SSSR count). The average molecular weight is 555 g/mol. The number of amidine groups is 1. The molecule has 9 nitrogen and oxygen atoms in total. The number of thiocarbonyl (C=S) groups is 1. The minimum atomic E-state index is -4.77. The highest BCUT2D eigenvalue weighted by Crippen LogP contribution is 2.25. The number of halogens is 3. The molecule has 0 atom stereocenters. The van der Waals surface area contributed by atoms with Crippen molar-refractivity contribution in [2.75, 3.05) is 10.6 Å². The van der Waals surface area contributed by atoms with Crippen molar-refractivity contribution in [2.24, 2.45) is 12.1 Å². The Hall–Kier alpha value is -4.52. The molecule has 2 heterocycles. The van der Waals surface area contributed by atoms with Crippen LogP contribution in [0.3, 0.4) is 0 Å². The van der Waals surface area contributed by atoms with E-state index in [1.54, 1.807) is 19.2 Å². The third-order valence-corrected chi connectivity index (χ3v) is 5.69. The van der Waals surface area contributed by atoms with Gasteiger partial charge in [-0.25, -0.2) is 9.67 Å². The fourth-order valence-corrected chi connectivity index (χ4v) is 3.93. The van der Waals surface area contributed by atoms with Crippen molar-refractivity contribution >= 4 is 51.8 Å². The number of ether oxygens (including phenoxy) is 1. The quantitative estimate of drug-likeness (QED) is 0.0996. The van der Waals surface area contributed by atoms with Gasteiger partial charge < -0.3 is 15.4 Å². The number of alkyl halides is 3. The third-order valence-electron chi connectivity index (χ3n) is 5.50. The average Bonchev–Trinajstić information content (AvgIpc) is 3.20. The van der Waals surface area contributed by atoms with Crippen LogP contribution in [-0.4, -0.2) is 38.3 Å². The summed E-state index contributed by atoms with van der Waals surface area (Å²) in [5, 5.41) is 23.9. The predicted molar refractivity (Wildman–Crippen MR) is 150 cm³/mol. The summed E-state index contributed by atoms with van der Waals surface area (Å²) >= 11 is 5.35. The first-order valence-corrected chi connectivity index (χ1v) is 12.2. The van der Waals surface area contributed by atoms with Crippen LogP contribution in [0.15, 0.2) is 65.8 Å². The first-order chi connectivity index (χ1) is 18.5. The molecule has 0 spiro atoms. The predicted octanol–water partition coefficient (Wildman–Crippen LogP) is 5.75. The maximum Gasteiger partial charge on any atom is 0.573 e. The van der Waals surface area contributed by atoms with Crippen LogP contribution in [0.25, 0.3) is 11.0 Å². The molecular formula is C26H25F3N8OS. The summed E-state index contributed by atoms with van der Waals surface area (Å²) in [6, 6.07) is 16.5. The topological polar surface area (TPSA) is 112 Å². The van der Waals surface area contributed by atoms with E-state index in [2.05, 4.69) is 49.8 Å². The Morgan fingerprint density at radius 2 is 1.79 bits per heavy atom. The van der Waals surface area contributed by atoms with Crippen molar-refractivity contribution in [3.05, 3.63) is 77.6 Å². The highest BCUT2D eigenvalue weighted by molar-refractivity contribution is 7.80. The molecule has 2 aromatic carbocycles. The molecule has 0 saturated heterocycles. The van der Waals surface area contributed by atoms with Crippen LogP contribution in [0.5, 0.6) is 5.75 Å². The molecule has 0 bridgehead atoms. The molecule has 0 saturated carbocycles. The Labute approximate surface area is 227 Å². The largest absolute Gasteiger partial charge is 0.573 e. The van der Waals surface area contributed by atoms with E-state index in [4.69, 9.17) is 17.6 Å². The number of para-hydroxylation sites is 1. The molecule has 0 unspecified atom stereocenters. The smallest absolute Gasteiger partial charge is 0.406 e. The second-order valence-electron chi connectivity index (χ2n) is 8.72. The number of hydrogen-bond donors (Lipinski definition) is 4. The van der Waals surface area contributed by atoms with Gasteiger partial charge in [0.2, 0.25) is 0 Å². The van der Waals surface area contributed by atoms with Gasteiger partial charge in [0.1, 0.15) is 11.4 Å². The monoisotopic (exact) mass is 554 g/mol. The number of aryl methyl sites for hydroxylation is 1. The highest BCUT2D eigenvalue weighted by atomic mass is 32.1. The van der Waals surface area contributed by atoms with E-state index in [-0.39, 0.29) is 11.6 Å². The summed E-state index contributed by atoms with van der Waals surface area (Å²) in [4.78, 5) is 4.55. The van der Waals surface area contributed by atoms with E-state index in [9.17, 15) is 13.2 Å². The summed E-state index contributed by atoms with van der Waals surface area (Å²) < 4.78 is 42.5. The van der Waals surface area contributed by atoms with Crippen molar-refractivity contribution in [1.82, 2.24) is 20.2 Å². The molecule has 13 heteroatoms. The van der Waals surface area contributed by atoms with E-state index in [0.717, 1.165) is 23.4 Å². The van der Waals surface area contributed by atoms with E-state index in [0.29, 0.717) is 39.1 Å². The van der Waals surface area contributed by atoms with E-state index in [1.807, 2.05) is 24.3 Å². The highest BCUT2D eigenvalue weighted by Gasteiger charge is 2.31. The summed E-state index contributed by atoms with van der Waals surface area (Å²) in [7, 11) is 1.69. The van der Waals surface area contributed by atoms with Crippen molar-refractivity contribution in [2.45, 2.75) is 26.1 Å². The number of nitrogens with one attached hydrogen (secondary N) is 4. The molecule has 0 aliphatic heterocycles. The van der Waals surface area contributed by atoms with Gasteiger partial charge in [-0.2, -0.15) is 10.2 Å². The molecule has 0 radical (unpaired) electrons. The fraction of sp³-hybridized carbons (Fsp3) is 0.192. The van der Waals surface area contributed by atoms with Gasteiger partial charge in [0.15, 0.2) is 16.6 Å². The van der Waals surface area contributed by atoms with Gasteiger partial charge >= 0.3 is 6.36 Å². The van der Waals surface area contributed by atoms with E-state index in [1.165, 1.54) is 23.0 Å². The lowest BCUT2D eigenvalue weighted by atomic mass is 10.0. The van der Waals surface area contributed by atoms with Crippen LogP contribution in [-0.2, 0) is 7.05 Å². The van der Waals surface area contributed by atoms with Crippen molar-refractivity contribution in [3.63, 3.8) is 0 Å². The lowest BCUT2D eigenvalue weighted by Gasteiger charge is -2.14. The van der Waals surface area contributed by atoms with Crippen LogP contribution >= 0.6 is 12.2 Å². The first-order valence-electron chi connectivity index (χ1n) is 11.7. The van der Waals surface area contributed by atoms with Gasteiger partial charge in [-0.15, -0.1) is 13.2 Å². The summed E-state index contributed by atoms with van der Waals surface area (Å²) in [6.07, 6.45) is -3.26. The van der Waals surface area contributed by atoms with E-state index < -0.39 is 6.36 Å². The van der Waals surface area contributed by atoms with Crippen LogP contribution in [0, 0.1) is 5.41 Å². The van der Waals surface area contributed by atoms with Gasteiger partial charge in [-0.05, 0) is 66.2 Å². The second-order valence-corrected chi connectivity index (χ2v) is 9.13. The number of anilines is 2. The zero-order chi connectivity index (χ0) is 28.2. The molecule has 4 aromatic rings. The molecule has 2 aromatic heterocycles. The zero-order valence-corrected chi connectivity index (χ0v) is 22.0. The number of hydrazone groups is 1. The lowest BCUT2D eigenvalue weighted by Crippen LogP contribution is -2.24. The molecule has 0 aliphatic rings. The summed E-state index contributed by atoms with van der Waals surface area (Å²) in [5.74, 6) is -0.0736. The number of aromatic nitrogens is 3. The Bertz CT molecular complexity index is 1530. The number of hydrogen-bond acceptors (Lipinski definition) is 6. The zero-order valence-electron chi connectivity index (χ0n) is 21.2. The minimum Gasteiger partial charge on any atom is -0.406 e. The molecule has 4 N–H and O–H groups in total. The van der Waals surface area contributed by atoms with Crippen LogP contribution in [0.2, 0.25) is 0 Å². The molecule has 39 heavy (non-hydrogen) atoms. The normalized spacial score (nSPS) is 11.7. The maximum absolute atomic E-state index is 12.4.